The lowest BCUT2D eigenvalue weighted by Crippen LogP contribution is -2.35. The molecular formula is C24H26N6O2. The fraction of sp³-hybridized carbons (Fsp3) is 0.167. The lowest BCUT2D eigenvalue weighted by Gasteiger charge is -2.25. The first-order valence-electron chi connectivity index (χ1n) is 10.4. The van der Waals surface area contributed by atoms with Crippen molar-refractivity contribution in [3.63, 3.8) is 0 Å². The average molecular weight is 431 g/mol. The Morgan fingerprint density at radius 1 is 1.12 bits per heavy atom. The molecule has 164 valence electrons. The van der Waals surface area contributed by atoms with E-state index in [1.165, 1.54) is 0 Å². The SMILES string of the molecule is Nc1ncc(C2=CCN(C(=O)OCc3ccccc3)CC2)nc1-c1nc2ccccc2[nH]1.[HH].[HH]. The number of carbonyl (C=O) groups is 1. The molecule has 2 aromatic carbocycles. The van der Waals surface area contributed by atoms with E-state index in [0.29, 0.717) is 36.8 Å². The molecule has 0 fully saturated rings. The lowest BCUT2D eigenvalue weighted by atomic mass is 10.1. The van der Waals surface area contributed by atoms with Gasteiger partial charge in [-0.1, -0.05) is 48.5 Å². The van der Waals surface area contributed by atoms with E-state index in [2.05, 4.69) is 15.0 Å². The Morgan fingerprint density at radius 2 is 1.94 bits per heavy atom. The number of nitrogen functional groups attached to an aromatic ring is 1. The van der Waals surface area contributed by atoms with Gasteiger partial charge in [0, 0.05) is 15.9 Å². The maximum atomic E-state index is 12.4. The fourth-order valence-electron chi connectivity index (χ4n) is 3.67. The van der Waals surface area contributed by atoms with E-state index < -0.39 is 0 Å². The third-order valence-corrected chi connectivity index (χ3v) is 5.42. The molecule has 4 aromatic rings. The zero-order chi connectivity index (χ0) is 21.9. The summed E-state index contributed by atoms with van der Waals surface area (Å²) in [5.74, 6) is 0.899. The number of rotatable bonds is 4. The minimum atomic E-state index is -0.324. The Balaban J connectivity index is 0.00000162. The average Bonchev–Trinajstić information content (AvgIpc) is 3.28. The van der Waals surface area contributed by atoms with E-state index >= 15 is 0 Å². The van der Waals surface area contributed by atoms with Crippen molar-refractivity contribution in [1.29, 1.82) is 0 Å². The Kier molecular flexibility index (Phi) is 5.25. The Hall–Kier alpha value is -4.20. The van der Waals surface area contributed by atoms with Crippen molar-refractivity contribution < 1.29 is 12.4 Å². The summed E-state index contributed by atoms with van der Waals surface area (Å²) in [7, 11) is 0. The summed E-state index contributed by atoms with van der Waals surface area (Å²) in [5, 5.41) is 0. The van der Waals surface area contributed by atoms with Crippen LogP contribution in [0.1, 0.15) is 20.5 Å². The van der Waals surface area contributed by atoms with Crippen molar-refractivity contribution in [3.05, 3.63) is 78.1 Å². The van der Waals surface area contributed by atoms with Crippen LogP contribution in [-0.2, 0) is 11.3 Å². The molecule has 1 aliphatic rings. The van der Waals surface area contributed by atoms with Crippen LogP contribution in [0.3, 0.4) is 0 Å². The van der Waals surface area contributed by atoms with Gasteiger partial charge in [0.15, 0.2) is 11.6 Å². The molecule has 2 aromatic heterocycles. The minimum Gasteiger partial charge on any atom is -0.445 e. The highest BCUT2D eigenvalue weighted by Gasteiger charge is 2.21. The molecule has 0 spiro atoms. The number of fused-ring (bicyclic) bond motifs is 1. The first-order chi connectivity index (χ1) is 15.7. The summed E-state index contributed by atoms with van der Waals surface area (Å²) in [6, 6.07) is 17.4. The first kappa shape index (κ1) is 19.7. The molecule has 0 aliphatic carbocycles. The Labute approximate surface area is 187 Å². The highest BCUT2D eigenvalue weighted by atomic mass is 16.6. The summed E-state index contributed by atoms with van der Waals surface area (Å²) in [6.07, 6.45) is 3.97. The van der Waals surface area contributed by atoms with Crippen molar-refractivity contribution in [3.8, 4) is 11.5 Å². The van der Waals surface area contributed by atoms with Gasteiger partial charge in [0.2, 0.25) is 0 Å². The number of aromatic nitrogens is 4. The van der Waals surface area contributed by atoms with Gasteiger partial charge in [0.25, 0.3) is 0 Å². The normalized spacial score (nSPS) is 13.8. The van der Waals surface area contributed by atoms with Crippen LogP contribution in [-0.4, -0.2) is 44.0 Å². The zero-order valence-corrected chi connectivity index (χ0v) is 17.4. The molecule has 8 nitrogen and oxygen atoms in total. The van der Waals surface area contributed by atoms with E-state index in [4.69, 9.17) is 15.5 Å². The molecule has 3 N–H and O–H groups in total. The lowest BCUT2D eigenvalue weighted by molar-refractivity contribution is 0.0998. The van der Waals surface area contributed by atoms with E-state index in [1.54, 1.807) is 11.1 Å². The van der Waals surface area contributed by atoms with Gasteiger partial charge in [-0.05, 0) is 29.7 Å². The smallest absolute Gasteiger partial charge is 0.410 e. The summed E-state index contributed by atoms with van der Waals surface area (Å²) in [6.45, 7) is 1.26. The molecule has 3 heterocycles. The summed E-state index contributed by atoms with van der Waals surface area (Å²) >= 11 is 0. The van der Waals surface area contributed by atoms with Crippen LogP contribution in [0.25, 0.3) is 28.1 Å². The van der Waals surface area contributed by atoms with E-state index in [1.807, 2.05) is 60.7 Å². The minimum absolute atomic E-state index is 0. The number of para-hydroxylation sites is 2. The van der Waals surface area contributed by atoms with Gasteiger partial charge < -0.3 is 20.4 Å². The number of amides is 1. The largest absolute Gasteiger partial charge is 0.445 e. The highest BCUT2D eigenvalue weighted by molar-refractivity contribution is 5.81. The predicted octanol–water partition coefficient (Wildman–Crippen LogP) is 4.52. The van der Waals surface area contributed by atoms with Crippen LogP contribution in [0.4, 0.5) is 10.6 Å². The number of imidazole rings is 1. The number of anilines is 1. The van der Waals surface area contributed by atoms with Crippen LogP contribution in [0.15, 0.2) is 66.9 Å². The molecule has 32 heavy (non-hydrogen) atoms. The Morgan fingerprint density at radius 3 is 2.72 bits per heavy atom. The molecule has 0 saturated carbocycles. The number of hydrogen-bond donors (Lipinski definition) is 2. The Bertz CT molecular complexity index is 1280. The van der Waals surface area contributed by atoms with Crippen molar-refractivity contribution in [2.24, 2.45) is 0 Å². The van der Waals surface area contributed by atoms with Gasteiger partial charge in [-0.15, -0.1) is 0 Å². The number of nitrogens with zero attached hydrogens (tertiary/aromatic N) is 4. The second-order valence-corrected chi connectivity index (χ2v) is 7.56. The van der Waals surface area contributed by atoms with E-state index in [-0.39, 0.29) is 15.6 Å². The molecule has 8 heteroatoms. The first-order valence-corrected chi connectivity index (χ1v) is 10.4. The van der Waals surface area contributed by atoms with E-state index in [9.17, 15) is 4.79 Å². The number of nitrogens with one attached hydrogen (secondary N) is 1. The van der Waals surface area contributed by atoms with Gasteiger partial charge in [-0.2, -0.15) is 0 Å². The van der Waals surface area contributed by atoms with Crippen LogP contribution in [0.2, 0.25) is 0 Å². The molecule has 5 rings (SSSR count). The van der Waals surface area contributed by atoms with Crippen molar-refractivity contribution in [2.75, 3.05) is 18.8 Å². The quantitative estimate of drug-likeness (QED) is 0.493. The molecular weight excluding hydrogens is 404 g/mol. The number of ether oxygens (including phenoxy) is 1. The third-order valence-electron chi connectivity index (χ3n) is 5.42. The van der Waals surface area contributed by atoms with Crippen molar-refractivity contribution in [1.82, 2.24) is 24.8 Å². The second kappa shape index (κ2) is 8.50. The number of nitrogens with two attached hydrogens (primary N) is 1. The number of carbonyl (C=O) groups excluding carboxylic acids is 1. The standard InChI is InChI=1S/C24H22N6O2.2H2/c25-22-21(23-28-18-8-4-5-9-19(18)29-23)27-20(14-26-22)17-10-12-30(13-11-17)24(31)32-15-16-6-2-1-3-7-16;;/h1-10,14H,11-13,15H2,(H2,25,26)(H,28,29);2*1H. The predicted molar refractivity (Wildman–Crippen MR) is 127 cm³/mol. The fourth-order valence-corrected chi connectivity index (χ4v) is 3.67. The van der Waals surface area contributed by atoms with Gasteiger partial charge in [-0.25, -0.2) is 19.7 Å². The number of H-pyrrole nitrogens is 1. The number of benzene rings is 2. The number of aromatic amines is 1. The van der Waals surface area contributed by atoms with Crippen molar-refractivity contribution in [2.45, 2.75) is 13.0 Å². The molecule has 1 aliphatic heterocycles. The molecule has 0 unspecified atom stereocenters. The van der Waals surface area contributed by atoms with E-state index in [0.717, 1.165) is 27.9 Å². The van der Waals surface area contributed by atoms with Gasteiger partial charge in [0.05, 0.1) is 22.9 Å². The summed E-state index contributed by atoms with van der Waals surface area (Å²) in [4.78, 5) is 31.0. The zero-order valence-electron chi connectivity index (χ0n) is 17.4. The molecule has 0 radical (unpaired) electrons. The van der Waals surface area contributed by atoms with Gasteiger partial charge in [-0.3, -0.25) is 0 Å². The number of hydrogen-bond acceptors (Lipinski definition) is 6. The third kappa shape index (κ3) is 4.02. The van der Waals surface area contributed by atoms with Crippen LogP contribution < -0.4 is 5.73 Å². The topological polar surface area (TPSA) is 110 Å². The molecule has 0 atom stereocenters. The maximum Gasteiger partial charge on any atom is 0.410 e. The van der Waals surface area contributed by atoms with Gasteiger partial charge in [0.1, 0.15) is 12.3 Å². The van der Waals surface area contributed by atoms with Crippen LogP contribution >= 0.6 is 0 Å². The van der Waals surface area contributed by atoms with Crippen LogP contribution in [0.5, 0.6) is 0 Å². The van der Waals surface area contributed by atoms with Crippen LogP contribution in [0, 0.1) is 0 Å². The molecule has 1 amide bonds. The van der Waals surface area contributed by atoms with Crippen molar-refractivity contribution >= 4 is 28.5 Å². The highest BCUT2D eigenvalue weighted by Crippen LogP contribution is 2.27. The maximum absolute atomic E-state index is 12.4. The summed E-state index contributed by atoms with van der Waals surface area (Å²) < 4.78 is 5.43. The van der Waals surface area contributed by atoms with Gasteiger partial charge >= 0.3 is 6.09 Å². The molecule has 0 saturated heterocycles. The monoisotopic (exact) mass is 430 g/mol. The second-order valence-electron chi connectivity index (χ2n) is 7.56. The summed E-state index contributed by atoms with van der Waals surface area (Å²) in [5.41, 5.74) is 11.1. The molecule has 0 bridgehead atoms.